The van der Waals surface area contributed by atoms with Crippen LogP contribution in [0.2, 0.25) is 0 Å². The van der Waals surface area contributed by atoms with Gasteiger partial charge in [-0.15, -0.1) is 0 Å². The van der Waals surface area contributed by atoms with Crippen LogP contribution in [0, 0.1) is 11.7 Å². The first-order valence-electron chi connectivity index (χ1n) is 5.43. The molecule has 1 aliphatic rings. The van der Waals surface area contributed by atoms with E-state index in [1.165, 1.54) is 6.07 Å². The lowest BCUT2D eigenvalue weighted by Crippen LogP contribution is -2.41. The third-order valence-electron chi connectivity index (χ3n) is 2.87. The number of rotatable bonds is 1. The van der Waals surface area contributed by atoms with Crippen molar-refractivity contribution in [1.82, 2.24) is 5.32 Å². The maximum absolute atomic E-state index is 13.5. The number of hydrogen-bond acceptors (Lipinski definition) is 2. The highest BCUT2D eigenvalue weighted by atomic mass is 19.1. The van der Waals surface area contributed by atoms with Crippen LogP contribution in [0.15, 0.2) is 18.2 Å². The van der Waals surface area contributed by atoms with Crippen LogP contribution in [-0.2, 0) is 0 Å². The molecular weight excluding hydrogens is 207 g/mol. The number of benzene rings is 1. The Balaban J connectivity index is 2.36. The molecule has 0 radical (unpaired) electrons. The number of halogens is 1. The van der Waals surface area contributed by atoms with E-state index in [4.69, 9.17) is 0 Å². The van der Waals surface area contributed by atoms with Crippen LogP contribution < -0.4 is 10.6 Å². The summed E-state index contributed by atoms with van der Waals surface area (Å²) in [5.41, 5.74) is 0.686. The summed E-state index contributed by atoms with van der Waals surface area (Å²) in [4.78, 5) is 11.9. The minimum Gasteiger partial charge on any atom is -0.382 e. The fourth-order valence-electron chi connectivity index (χ4n) is 1.82. The van der Waals surface area contributed by atoms with E-state index >= 15 is 0 Å². The molecule has 1 amide bonds. The largest absolute Gasteiger partial charge is 0.382 e. The molecule has 2 N–H and O–H groups in total. The van der Waals surface area contributed by atoms with Crippen molar-refractivity contribution in [2.45, 2.75) is 19.9 Å². The molecule has 2 rings (SSSR count). The molecule has 1 aliphatic heterocycles. The third kappa shape index (κ3) is 1.87. The van der Waals surface area contributed by atoms with Gasteiger partial charge in [0.05, 0.1) is 5.56 Å². The predicted octanol–water partition coefficient (Wildman–Crippen LogP) is 2.01. The van der Waals surface area contributed by atoms with Crippen molar-refractivity contribution in [2.24, 2.45) is 5.92 Å². The second kappa shape index (κ2) is 4.12. The van der Waals surface area contributed by atoms with Gasteiger partial charge >= 0.3 is 0 Å². The molecule has 16 heavy (non-hydrogen) atoms. The Hall–Kier alpha value is -1.58. The molecule has 4 heteroatoms. The number of amides is 1. The van der Waals surface area contributed by atoms with Crippen molar-refractivity contribution < 1.29 is 9.18 Å². The van der Waals surface area contributed by atoms with Gasteiger partial charge in [0.25, 0.3) is 5.91 Å². The maximum atomic E-state index is 13.5. The number of hydrogen-bond donors (Lipinski definition) is 2. The van der Waals surface area contributed by atoms with Crippen LogP contribution in [0.4, 0.5) is 10.1 Å². The second-order valence-corrected chi connectivity index (χ2v) is 4.37. The summed E-state index contributed by atoms with van der Waals surface area (Å²) in [6.07, 6.45) is 0. The molecule has 3 nitrogen and oxygen atoms in total. The molecule has 0 aromatic heterocycles. The molecule has 1 aromatic rings. The second-order valence-electron chi connectivity index (χ2n) is 4.37. The molecule has 1 atom stereocenters. The highest BCUT2D eigenvalue weighted by Crippen LogP contribution is 2.22. The maximum Gasteiger partial charge on any atom is 0.256 e. The van der Waals surface area contributed by atoms with E-state index in [1.54, 1.807) is 12.1 Å². The number of anilines is 1. The Bertz CT molecular complexity index is 417. The van der Waals surface area contributed by atoms with Crippen LogP contribution in [0.1, 0.15) is 24.2 Å². The SMILES string of the molecule is CC(C)C1CNc2cccc(F)c2C(=O)N1. The zero-order chi connectivity index (χ0) is 11.7. The molecule has 0 bridgehead atoms. The number of carbonyl (C=O) groups excluding carboxylic acids is 1. The van der Waals surface area contributed by atoms with Gasteiger partial charge in [0.15, 0.2) is 0 Å². The van der Waals surface area contributed by atoms with Gasteiger partial charge < -0.3 is 10.6 Å². The fraction of sp³-hybridized carbons (Fsp3) is 0.417. The van der Waals surface area contributed by atoms with E-state index in [-0.39, 0.29) is 17.5 Å². The first-order chi connectivity index (χ1) is 7.59. The van der Waals surface area contributed by atoms with Gasteiger partial charge in [-0.1, -0.05) is 19.9 Å². The zero-order valence-corrected chi connectivity index (χ0v) is 9.38. The van der Waals surface area contributed by atoms with Crippen molar-refractivity contribution in [3.8, 4) is 0 Å². The molecule has 0 aliphatic carbocycles. The van der Waals surface area contributed by atoms with E-state index in [2.05, 4.69) is 10.6 Å². The van der Waals surface area contributed by atoms with E-state index in [0.29, 0.717) is 18.2 Å². The topological polar surface area (TPSA) is 41.1 Å². The molecule has 0 fully saturated rings. The predicted molar refractivity (Wildman–Crippen MR) is 61.0 cm³/mol. The summed E-state index contributed by atoms with van der Waals surface area (Å²) < 4.78 is 13.5. The quantitative estimate of drug-likeness (QED) is 0.763. The Morgan fingerprint density at radius 1 is 1.44 bits per heavy atom. The lowest BCUT2D eigenvalue weighted by molar-refractivity contribution is 0.0929. The van der Waals surface area contributed by atoms with Gasteiger partial charge in [0, 0.05) is 18.3 Å². The number of carbonyl (C=O) groups is 1. The van der Waals surface area contributed by atoms with Crippen molar-refractivity contribution in [3.05, 3.63) is 29.6 Å². The molecule has 1 aromatic carbocycles. The van der Waals surface area contributed by atoms with Gasteiger partial charge in [-0.05, 0) is 18.1 Å². The van der Waals surface area contributed by atoms with Crippen LogP contribution >= 0.6 is 0 Å². The normalized spacial score (nSPS) is 19.8. The molecule has 1 heterocycles. The molecule has 1 unspecified atom stereocenters. The van der Waals surface area contributed by atoms with Crippen molar-refractivity contribution in [2.75, 3.05) is 11.9 Å². The summed E-state index contributed by atoms with van der Waals surface area (Å²) in [5.74, 6) is -0.502. The average molecular weight is 222 g/mol. The summed E-state index contributed by atoms with van der Waals surface area (Å²) in [5, 5.41) is 5.94. The number of nitrogens with one attached hydrogen (secondary N) is 2. The van der Waals surface area contributed by atoms with Crippen LogP contribution in [0.3, 0.4) is 0 Å². The standard InChI is InChI=1S/C12H15FN2O/c1-7(2)10-6-14-9-5-3-4-8(13)11(9)12(16)15-10/h3-5,7,10,14H,6H2,1-2H3,(H,15,16). The first-order valence-corrected chi connectivity index (χ1v) is 5.43. The summed E-state index contributed by atoms with van der Waals surface area (Å²) in [6.45, 7) is 4.68. The smallest absolute Gasteiger partial charge is 0.256 e. The van der Waals surface area contributed by atoms with E-state index in [0.717, 1.165) is 0 Å². The van der Waals surface area contributed by atoms with Crippen molar-refractivity contribution in [1.29, 1.82) is 0 Å². The minimum atomic E-state index is -0.480. The summed E-state index contributed by atoms with van der Waals surface area (Å²) in [7, 11) is 0. The van der Waals surface area contributed by atoms with Gasteiger partial charge in [-0.3, -0.25) is 4.79 Å². The molecule has 86 valence electrons. The molecule has 0 saturated carbocycles. The Labute approximate surface area is 94.0 Å². The minimum absolute atomic E-state index is 0.0271. The van der Waals surface area contributed by atoms with Gasteiger partial charge in [0.2, 0.25) is 0 Å². The summed E-state index contributed by atoms with van der Waals surface area (Å²) >= 11 is 0. The van der Waals surface area contributed by atoms with Crippen molar-refractivity contribution in [3.63, 3.8) is 0 Å². The third-order valence-corrected chi connectivity index (χ3v) is 2.87. The van der Waals surface area contributed by atoms with E-state index < -0.39 is 5.82 Å². The molecule has 0 spiro atoms. The van der Waals surface area contributed by atoms with Crippen LogP contribution in [-0.4, -0.2) is 18.5 Å². The Morgan fingerprint density at radius 2 is 2.19 bits per heavy atom. The lowest BCUT2D eigenvalue weighted by atomic mass is 10.0. The fourth-order valence-corrected chi connectivity index (χ4v) is 1.82. The van der Waals surface area contributed by atoms with E-state index in [9.17, 15) is 9.18 Å². The highest BCUT2D eigenvalue weighted by Gasteiger charge is 2.25. The lowest BCUT2D eigenvalue weighted by Gasteiger charge is -2.19. The van der Waals surface area contributed by atoms with E-state index in [1.807, 2.05) is 13.8 Å². The Kier molecular flexibility index (Phi) is 2.81. The molecule has 0 saturated heterocycles. The monoisotopic (exact) mass is 222 g/mol. The first kappa shape index (κ1) is 10.9. The van der Waals surface area contributed by atoms with Crippen LogP contribution in [0.5, 0.6) is 0 Å². The zero-order valence-electron chi connectivity index (χ0n) is 9.38. The highest BCUT2D eigenvalue weighted by molar-refractivity contribution is 6.00. The van der Waals surface area contributed by atoms with Crippen LogP contribution in [0.25, 0.3) is 0 Å². The van der Waals surface area contributed by atoms with Gasteiger partial charge in [0.1, 0.15) is 5.82 Å². The Morgan fingerprint density at radius 3 is 2.88 bits per heavy atom. The number of fused-ring (bicyclic) bond motifs is 1. The van der Waals surface area contributed by atoms with Gasteiger partial charge in [-0.25, -0.2) is 4.39 Å². The van der Waals surface area contributed by atoms with Crippen molar-refractivity contribution >= 4 is 11.6 Å². The average Bonchev–Trinajstić information content (AvgIpc) is 2.39. The molecular formula is C12H15FN2O. The van der Waals surface area contributed by atoms with Gasteiger partial charge in [-0.2, -0.15) is 0 Å². The summed E-state index contributed by atoms with van der Waals surface area (Å²) in [6, 6.07) is 4.65.